The van der Waals surface area contributed by atoms with Gasteiger partial charge >= 0.3 is 48.6 Å². The number of alkyl halides is 12. The predicted molar refractivity (Wildman–Crippen MR) is 141 cm³/mol. The first-order valence-corrected chi connectivity index (χ1v) is 13.1. The van der Waals surface area contributed by atoms with Crippen LogP contribution in [0.3, 0.4) is 0 Å². The number of hydrogen-bond acceptors (Lipinski definition) is 8. The smallest absolute Gasteiger partial charge is 0.475 e. The molecule has 282 valence electrons. The molecular weight excluding hydrogens is 724 g/mol. The van der Waals surface area contributed by atoms with E-state index in [4.69, 9.17) is 39.6 Å². The van der Waals surface area contributed by atoms with Crippen molar-refractivity contribution in [3.63, 3.8) is 0 Å². The summed E-state index contributed by atoms with van der Waals surface area (Å²) in [5.74, 6) is -9.39. The second-order valence-corrected chi connectivity index (χ2v) is 9.80. The predicted octanol–water partition coefficient (Wildman–Crippen LogP) is 4.57. The van der Waals surface area contributed by atoms with Gasteiger partial charge < -0.3 is 20.4 Å². The second-order valence-electron chi connectivity index (χ2n) is 9.80. The summed E-state index contributed by atoms with van der Waals surface area (Å²) in [7, 11) is 0. The van der Waals surface area contributed by atoms with E-state index in [1.165, 1.54) is 37.4 Å². The van der Waals surface area contributed by atoms with Crippen molar-refractivity contribution < 1.29 is 92.3 Å². The van der Waals surface area contributed by atoms with Gasteiger partial charge in [-0.2, -0.15) is 52.7 Å². The minimum absolute atomic E-state index is 0.820. The molecule has 2 aromatic rings. The fourth-order valence-electron chi connectivity index (χ4n) is 3.92. The fraction of sp³-hybridized carbons (Fsp3) is 0.462. The van der Waals surface area contributed by atoms with Crippen molar-refractivity contribution >= 4 is 23.9 Å². The van der Waals surface area contributed by atoms with Crippen LogP contribution < -0.4 is 0 Å². The van der Waals surface area contributed by atoms with Crippen molar-refractivity contribution in [2.45, 2.75) is 37.8 Å². The maximum Gasteiger partial charge on any atom is 0.490 e. The minimum Gasteiger partial charge on any atom is -0.475 e. The highest BCUT2D eigenvalue weighted by atomic mass is 19.4. The zero-order valence-corrected chi connectivity index (χ0v) is 24.8. The Hall–Kier alpha value is -4.74. The molecule has 0 saturated carbocycles. The number of carbonyl (C=O) groups is 4. The number of nitrogens with zero attached hydrogens (tertiary/aromatic N) is 4. The average Bonchev–Trinajstić information content (AvgIpc) is 3.51. The van der Waals surface area contributed by atoms with Gasteiger partial charge in [0.05, 0.1) is 5.69 Å². The van der Waals surface area contributed by atoms with Gasteiger partial charge in [0.1, 0.15) is 0 Å². The maximum atomic E-state index is 10.6. The summed E-state index contributed by atoms with van der Waals surface area (Å²) in [6, 6.07) is 10.4. The molecule has 0 spiro atoms. The molecule has 0 bridgehead atoms. The monoisotopic (exact) mass is 750 g/mol. The van der Waals surface area contributed by atoms with E-state index >= 15 is 0 Å². The van der Waals surface area contributed by atoms with Crippen molar-refractivity contribution in [2.24, 2.45) is 11.8 Å². The van der Waals surface area contributed by atoms with Gasteiger partial charge in [-0.1, -0.05) is 12.1 Å². The third-order valence-electron chi connectivity index (χ3n) is 5.85. The van der Waals surface area contributed by atoms with E-state index in [0.717, 1.165) is 24.9 Å². The van der Waals surface area contributed by atoms with Crippen molar-refractivity contribution in [2.75, 3.05) is 26.2 Å². The van der Waals surface area contributed by atoms with Crippen LogP contribution in [0.2, 0.25) is 0 Å². The van der Waals surface area contributed by atoms with Crippen LogP contribution in [0.25, 0.3) is 0 Å². The number of rotatable bonds is 4. The van der Waals surface area contributed by atoms with Gasteiger partial charge in [0.25, 0.3) is 0 Å². The first-order chi connectivity index (χ1) is 22.6. The van der Waals surface area contributed by atoms with E-state index in [9.17, 15) is 52.7 Å². The molecule has 0 aliphatic carbocycles. The van der Waals surface area contributed by atoms with Gasteiger partial charge in [-0.3, -0.25) is 19.8 Å². The third-order valence-corrected chi connectivity index (χ3v) is 5.85. The fourth-order valence-corrected chi connectivity index (χ4v) is 3.92. The average molecular weight is 750 g/mol. The summed E-state index contributed by atoms with van der Waals surface area (Å²) in [6.07, 6.45) is -14.6. The Kier molecular flexibility index (Phi) is 17.6. The first kappa shape index (κ1) is 45.3. The van der Waals surface area contributed by atoms with E-state index < -0.39 is 48.6 Å². The number of aromatic nitrogens is 2. The van der Waals surface area contributed by atoms with Crippen LogP contribution >= 0.6 is 0 Å². The first-order valence-electron chi connectivity index (χ1n) is 13.1. The number of carboxylic acid groups (broad SMARTS) is 4. The minimum atomic E-state index is -5.08. The van der Waals surface area contributed by atoms with Gasteiger partial charge in [0.15, 0.2) is 0 Å². The van der Waals surface area contributed by atoms with Crippen LogP contribution in [0.5, 0.6) is 0 Å². The van der Waals surface area contributed by atoms with E-state index in [0.29, 0.717) is 0 Å². The number of likely N-dealkylation sites (tertiary alicyclic amines) is 2. The van der Waals surface area contributed by atoms with Gasteiger partial charge in [-0.15, -0.1) is 0 Å². The van der Waals surface area contributed by atoms with Crippen LogP contribution in [0.4, 0.5) is 52.7 Å². The SMILES string of the molecule is O=C(O)C(F)(F)F.O=C(O)C(F)(F)F.O=C(O)C(F)(F)F.O=C(O)C(F)(F)F.c1ccc(CN2CC3CN(Cc4cccnc4)CC3C2)nc1. The molecule has 0 aromatic carbocycles. The highest BCUT2D eigenvalue weighted by molar-refractivity contribution is 5.74. The second kappa shape index (κ2) is 19.4. The molecule has 2 aliphatic rings. The normalized spacial score (nSPS) is 17.5. The molecule has 2 saturated heterocycles. The zero-order chi connectivity index (χ0) is 39.1. The Morgan fingerprint density at radius 3 is 1.22 bits per heavy atom. The molecule has 2 aromatic heterocycles. The van der Waals surface area contributed by atoms with E-state index in [1.54, 1.807) is 0 Å². The maximum absolute atomic E-state index is 10.6. The summed E-state index contributed by atoms with van der Waals surface area (Å²) in [4.78, 5) is 49.4. The summed E-state index contributed by atoms with van der Waals surface area (Å²) < 4.78 is 127. The number of aliphatic carboxylic acids is 4. The van der Waals surface area contributed by atoms with Gasteiger partial charge in [-0.05, 0) is 35.6 Å². The van der Waals surface area contributed by atoms with Crippen LogP contribution in [-0.4, -0.2) is 115 Å². The Labute approximate surface area is 272 Å². The van der Waals surface area contributed by atoms with Crippen molar-refractivity contribution in [1.29, 1.82) is 0 Å². The standard InChI is InChI=1S/C18H22N4.4C2HF3O2/c1-2-7-20-18(5-1)14-22-12-16-10-21(11-17(16)13-22)9-15-4-3-6-19-8-15;4*3-2(4,5)1(6)7/h1-8,16-17H,9-14H2;4*(H,6,7). The van der Waals surface area contributed by atoms with E-state index in [2.05, 4.69) is 38.0 Å². The molecule has 12 nitrogen and oxygen atoms in total. The highest BCUT2D eigenvalue weighted by Gasteiger charge is 2.41. The summed E-state index contributed by atoms with van der Waals surface area (Å²) in [6.45, 7) is 6.91. The summed E-state index contributed by atoms with van der Waals surface area (Å²) in [5.41, 5.74) is 2.52. The Balaban J connectivity index is 0.000000711. The molecular formula is C26H26F12N4O8. The molecule has 4 N–H and O–H groups in total. The van der Waals surface area contributed by atoms with Gasteiger partial charge in [-0.25, -0.2) is 19.2 Å². The number of pyridine rings is 2. The van der Waals surface area contributed by atoms with Crippen molar-refractivity contribution in [3.05, 3.63) is 60.2 Å². The zero-order valence-electron chi connectivity index (χ0n) is 24.8. The number of hydrogen-bond donors (Lipinski definition) is 4. The molecule has 4 heterocycles. The lowest BCUT2D eigenvalue weighted by Gasteiger charge is -2.21. The lowest BCUT2D eigenvalue weighted by atomic mass is 10.0. The lowest BCUT2D eigenvalue weighted by molar-refractivity contribution is -0.193. The largest absolute Gasteiger partial charge is 0.490 e. The molecule has 2 fully saturated rings. The quantitative estimate of drug-likeness (QED) is 0.320. The van der Waals surface area contributed by atoms with Gasteiger partial charge in [0, 0.05) is 57.9 Å². The number of fused-ring (bicyclic) bond motifs is 1. The Morgan fingerprint density at radius 2 is 0.940 bits per heavy atom. The molecule has 2 aliphatic heterocycles. The third kappa shape index (κ3) is 19.3. The number of carboxylic acids is 4. The van der Waals surface area contributed by atoms with Crippen LogP contribution in [0.1, 0.15) is 11.3 Å². The molecule has 24 heteroatoms. The summed E-state index contributed by atoms with van der Waals surface area (Å²) >= 11 is 0. The van der Waals surface area contributed by atoms with Crippen molar-refractivity contribution in [1.82, 2.24) is 19.8 Å². The Morgan fingerprint density at radius 1 is 0.580 bits per heavy atom. The molecule has 4 rings (SSSR count). The molecule has 0 radical (unpaired) electrons. The van der Waals surface area contributed by atoms with Crippen LogP contribution in [-0.2, 0) is 32.3 Å². The van der Waals surface area contributed by atoms with Crippen LogP contribution in [0, 0.1) is 11.8 Å². The molecule has 2 atom stereocenters. The van der Waals surface area contributed by atoms with Gasteiger partial charge in [0.2, 0.25) is 0 Å². The molecule has 50 heavy (non-hydrogen) atoms. The number of halogens is 12. The van der Waals surface area contributed by atoms with E-state index in [1.807, 2.05) is 30.7 Å². The Bertz CT molecular complexity index is 1200. The summed E-state index contributed by atoms with van der Waals surface area (Å²) in [5, 5.41) is 28.5. The van der Waals surface area contributed by atoms with E-state index in [-0.39, 0.29) is 0 Å². The topological polar surface area (TPSA) is 181 Å². The highest BCUT2D eigenvalue weighted by Crippen LogP contribution is 2.32. The molecule has 2 unspecified atom stereocenters. The lowest BCUT2D eigenvalue weighted by Crippen LogP contribution is -2.28. The van der Waals surface area contributed by atoms with Crippen LogP contribution in [0.15, 0.2) is 48.9 Å². The van der Waals surface area contributed by atoms with Crippen molar-refractivity contribution in [3.8, 4) is 0 Å². The molecule has 0 amide bonds.